The zero-order valence-electron chi connectivity index (χ0n) is 11.5. The first-order valence-corrected chi connectivity index (χ1v) is 6.16. The van der Waals surface area contributed by atoms with Crippen molar-refractivity contribution in [3.63, 3.8) is 0 Å². The maximum atomic E-state index is 11.1. The molecule has 0 fully saturated rings. The van der Waals surface area contributed by atoms with Gasteiger partial charge in [-0.05, 0) is 43.7 Å². The third-order valence-corrected chi connectivity index (χ3v) is 3.04. The summed E-state index contributed by atoms with van der Waals surface area (Å²) in [6, 6.07) is 9.22. The van der Waals surface area contributed by atoms with Gasteiger partial charge < -0.3 is 9.84 Å². The molecule has 0 heterocycles. The Kier molecular flexibility index (Phi) is 3.89. The van der Waals surface area contributed by atoms with E-state index in [2.05, 4.69) is 0 Å². The summed E-state index contributed by atoms with van der Waals surface area (Å²) in [7, 11) is 0. The minimum Gasteiger partial charge on any atom is -0.478 e. The van der Waals surface area contributed by atoms with Gasteiger partial charge in [-0.15, -0.1) is 0 Å². The summed E-state index contributed by atoms with van der Waals surface area (Å²) in [5.41, 5.74) is 1.09. The Morgan fingerprint density at radius 2 is 1.90 bits per heavy atom. The number of nitro groups is 1. The molecule has 0 atom stereocenters. The van der Waals surface area contributed by atoms with Gasteiger partial charge in [0, 0.05) is 5.56 Å². The molecule has 0 saturated carbocycles. The highest BCUT2D eigenvalue weighted by atomic mass is 16.6. The van der Waals surface area contributed by atoms with Gasteiger partial charge in [0.15, 0.2) is 0 Å². The van der Waals surface area contributed by atoms with Crippen LogP contribution in [0.2, 0.25) is 0 Å². The normalized spacial score (nSPS) is 10.2. The topological polar surface area (TPSA) is 89.7 Å². The third kappa shape index (κ3) is 3.00. The van der Waals surface area contributed by atoms with Crippen LogP contribution in [-0.4, -0.2) is 16.0 Å². The van der Waals surface area contributed by atoms with Gasteiger partial charge in [0.05, 0.1) is 10.5 Å². The number of carboxylic acids is 1. The molecule has 2 rings (SSSR count). The van der Waals surface area contributed by atoms with E-state index in [9.17, 15) is 14.9 Å². The van der Waals surface area contributed by atoms with Crippen molar-refractivity contribution in [1.82, 2.24) is 0 Å². The lowest BCUT2D eigenvalue weighted by Crippen LogP contribution is -2.00. The first-order valence-electron chi connectivity index (χ1n) is 6.16. The van der Waals surface area contributed by atoms with Crippen molar-refractivity contribution < 1.29 is 19.6 Å². The number of nitrogens with zero attached hydrogens (tertiary/aromatic N) is 1. The van der Waals surface area contributed by atoms with E-state index in [4.69, 9.17) is 9.84 Å². The Balaban J connectivity index is 2.39. The quantitative estimate of drug-likeness (QED) is 0.684. The van der Waals surface area contributed by atoms with Crippen LogP contribution in [0.15, 0.2) is 36.4 Å². The number of benzene rings is 2. The lowest BCUT2D eigenvalue weighted by Gasteiger charge is -2.09. The van der Waals surface area contributed by atoms with Crippen LogP contribution < -0.4 is 4.74 Å². The third-order valence-electron chi connectivity index (χ3n) is 3.04. The molecular weight excluding hydrogens is 274 g/mol. The lowest BCUT2D eigenvalue weighted by molar-refractivity contribution is -0.386. The molecule has 0 saturated heterocycles. The van der Waals surface area contributed by atoms with Gasteiger partial charge in [-0.1, -0.05) is 12.1 Å². The molecule has 0 aliphatic carbocycles. The van der Waals surface area contributed by atoms with Crippen molar-refractivity contribution in [2.24, 2.45) is 0 Å². The summed E-state index contributed by atoms with van der Waals surface area (Å²) in [5, 5.41) is 20.1. The minimum absolute atomic E-state index is 0.0996. The van der Waals surface area contributed by atoms with E-state index >= 15 is 0 Å². The van der Waals surface area contributed by atoms with E-state index in [0.29, 0.717) is 16.9 Å². The van der Waals surface area contributed by atoms with Gasteiger partial charge in [0.1, 0.15) is 5.75 Å². The molecule has 2 aromatic rings. The number of rotatable bonds is 4. The molecule has 0 radical (unpaired) electrons. The molecule has 2 aromatic carbocycles. The summed E-state index contributed by atoms with van der Waals surface area (Å²) < 4.78 is 5.53. The predicted molar refractivity (Wildman–Crippen MR) is 76.0 cm³/mol. The fraction of sp³-hybridized carbons (Fsp3) is 0.133. The van der Waals surface area contributed by atoms with Crippen LogP contribution in [0.4, 0.5) is 5.69 Å². The number of carboxylic acid groups (broad SMARTS) is 1. The number of aromatic carboxylic acids is 1. The van der Waals surface area contributed by atoms with E-state index < -0.39 is 10.9 Å². The van der Waals surface area contributed by atoms with E-state index in [-0.39, 0.29) is 17.0 Å². The Labute approximate surface area is 120 Å². The molecule has 0 spiro atoms. The number of hydrogen-bond acceptors (Lipinski definition) is 4. The van der Waals surface area contributed by atoms with Crippen molar-refractivity contribution in [2.45, 2.75) is 13.8 Å². The average Bonchev–Trinajstić information content (AvgIpc) is 2.37. The molecule has 0 aliphatic rings. The average molecular weight is 287 g/mol. The Morgan fingerprint density at radius 3 is 2.48 bits per heavy atom. The maximum Gasteiger partial charge on any atom is 0.335 e. The number of nitro benzene ring substituents is 1. The van der Waals surface area contributed by atoms with Gasteiger partial charge in [0.25, 0.3) is 0 Å². The highest BCUT2D eigenvalue weighted by Gasteiger charge is 2.19. The molecule has 1 N–H and O–H groups in total. The summed E-state index contributed by atoms with van der Waals surface area (Å²) in [6.07, 6.45) is 0. The SMILES string of the molecule is Cc1cc(Oc2cccc(C)c2[N+](=O)[O-])ccc1C(=O)O. The highest BCUT2D eigenvalue weighted by molar-refractivity contribution is 5.89. The summed E-state index contributed by atoms with van der Waals surface area (Å²) in [5.74, 6) is -0.547. The van der Waals surface area contributed by atoms with Gasteiger partial charge in [0.2, 0.25) is 5.75 Å². The van der Waals surface area contributed by atoms with Crippen molar-refractivity contribution in [3.8, 4) is 11.5 Å². The molecule has 21 heavy (non-hydrogen) atoms. The van der Waals surface area contributed by atoms with E-state index in [1.54, 1.807) is 26.0 Å². The van der Waals surface area contributed by atoms with Gasteiger partial charge in [-0.2, -0.15) is 0 Å². The smallest absolute Gasteiger partial charge is 0.335 e. The zero-order valence-corrected chi connectivity index (χ0v) is 11.5. The van der Waals surface area contributed by atoms with E-state index in [1.165, 1.54) is 24.3 Å². The Morgan fingerprint density at radius 1 is 1.19 bits per heavy atom. The monoisotopic (exact) mass is 287 g/mol. The molecular formula is C15H13NO5. The summed E-state index contributed by atoms with van der Waals surface area (Å²) in [6.45, 7) is 3.27. The fourth-order valence-electron chi connectivity index (χ4n) is 2.01. The molecule has 108 valence electrons. The second-order valence-corrected chi connectivity index (χ2v) is 4.56. The number of aryl methyl sites for hydroxylation is 2. The Bertz CT molecular complexity index is 724. The van der Waals surface area contributed by atoms with Crippen molar-refractivity contribution >= 4 is 11.7 Å². The Hall–Kier alpha value is -2.89. The van der Waals surface area contributed by atoms with Crippen LogP contribution in [0.5, 0.6) is 11.5 Å². The molecule has 0 aromatic heterocycles. The first kappa shape index (κ1) is 14.5. The second-order valence-electron chi connectivity index (χ2n) is 4.56. The predicted octanol–water partition coefficient (Wildman–Crippen LogP) is 3.70. The summed E-state index contributed by atoms with van der Waals surface area (Å²) >= 11 is 0. The number of hydrogen-bond donors (Lipinski definition) is 1. The molecule has 6 nitrogen and oxygen atoms in total. The molecule has 6 heteroatoms. The molecule has 0 bridgehead atoms. The summed E-state index contributed by atoms with van der Waals surface area (Å²) in [4.78, 5) is 21.5. The second kappa shape index (κ2) is 5.62. The maximum absolute atomic E-state index is 11.1. The van der Waals surface area contributed by atoms with E-state index in [0.717, 1.165) is 0 Å². The van der Waals surface area contributed by atoms with Crippen LogP contribution in [-0.2, 0) is 0 Å². The minimum atomic E-state index is -1.03. The molecule has 0 unspecified atom stereocenters. The van der Waals surface area contributed by atoms with Crippen LogP contribution in [0.25, 0.3) is 0 Å². The van der Waals surface area contributed by atoms with E-state index in [1.807, 2.05) is 0 Å². The fourth-order valence-corrected chi connectivity index (χ4v) is 2.01. The van der Waals surface area contributed by atoms with Crippen LogP contribution >= 0.6 is 0 Å². The first-order chi connectivity index (χ1) is 9.90. The van der Waals surface area contributed by atoms with Crippen LogP contribution in [0.3, 0.4) is 0 Å². The van der Waals surface area contributed by atoms with Gasteiger partial charge in [-0.25, -0.2) is 4.79 Å². The number of ether oxygens (including phenoxy) is 1. The van der Waals surface area contributed by atoms with Crippen LogP contribution in [0.1, 0.15) is 21.5 Å². The highest BCUT2D eigenvalue weighted by Crippen LogP contribution is 2.34. The van der Waals surface area contributed by atoms with Crippen LogP contribution in [0, 0.1) is 24.0 Å². The van der Waals surface area contributed by atoms with Gasteiger partial charge >= 0.3 is 11.7 Å². The number of para-hydroxylation sites is 1. The van der Waals surface area contributed by atoms with Crippen molar-refractivity contribution in [3.05, 3.63) is 63.2 Å². The van der Waals surface area contributed by atoms with Gasteiger partial charge in [-0.3, -0.25) is 10.1 Å². The van der Waals surface area contributed by atoms with Crippen molar-refractivity contribution in [2.75, 3.05) is 0 Å². The van der Waals surface area contributed by atoms with Crippen molar-refractivity contribution in [1.29, 1.82) is 0 Å². The molecule has 0 aliphatic heterocycles. The molecule has 0 amide bonds. The standard InChI is InChI=1S/C15H13NO5/c1-9-4-3-5-13(14(9)16(19)20)21-11-6-7-12(15(17)18)10(2)8-11/h3-8H,1-2H3,(H,17,18). The largest absolute Gasteiger partial charge is 0.478 e. The number of carbonyl (C=O) groups is 1. The zero-order chi connectivity index (χ0) is 15.6. The lowest BCUT2D eigenvalue weighted by atomic mass is 10.1.